The molecule has 0 amide bonds. The smallest absolute Gasteiger partial charge is 0.148 e. The highest BCUT2D eigenvalue weighted by molar-refractivity contribution is 6.01. The standard InChI is InChI=1S/C23H24N2O/c1-4-8-19-11-13-21(14-12-19)25-18(3)23-16-15-22(26-23)17(2)24-20-9-6-5-7-10-20/h5-7,9-16H,4,8H2,1-3H3. The molecule has 26 heavy (non-hydrogen) atoms. The summed E-state index contributed by atoms with van der Waals surface area (Å²) >= 11 is 0. The molecule has 0 radical (unpaired) electrons. The van der Waals surface area contributed by atoms with Crippen molar-refractivity contribution in [2.24, 2.45) is 9.98 Å². The average molecular weight is 344 g/mol. The van der Waals surface area contributed by atoms with Gasteiger partial charge in [0.15, 0.2) is 0 Å². The first-order chi connectivity index (χ1) is 12.7. The average Bonchev–Trinajstić information content (AvgIpc) is 3.15. The van der Waals surface area contributed by atoms with E-state index in [1.807, 2.05) is 56.3 Å². The summed E-state index contributed by atoms with van der Waals surface area (Å²) in [5.74, 6) is 1.52. The topological polar surface area (TPSA) is 37.9 Å². The Balaban J connectivity index is 1.77. The highest BCUT2D eigenvalue weighted by Gasteiger charge is 2.08. The van der Waals surface area contributed by atoms with Crippen molar-refractivity contribution in [3.8, 4) is 0 Å². The molecule has 0 bridgehead atoms. The van der Waals surface area contributed by atoms with Crippen LogP contribution in [-0.4, -0.2) is 11.4 Å². The third kappa shape index (κ3) is 4.57. The van der Waals surface area contributed by atoms with Gasteiger partial charge in [-0.25, -0.2) is 9.98 Å². The second-order valence-electron chi connectivity index (χ2n) is 6.31. The molecule has 0 aliphatic rings. The van der Waals surface area contributed by atoms with Gasteiger partial charge in [0.25, 0.3) is 0 Å². The maximum Gasteiger partial charge on any atom is 0.148 e. The summed E-state index contributed by atoms with van der Waals surface area (Å²) in [5.41, 5.74) is 4.90. The number of rotatable bonds is 6. The Bertz CT molecular complexity index is 903. The minimum atomic E-state index is 0.761. The summed E-state index contributed by atoms with van der Waals surface area (Å²) in [5, 5.41) is 0. The summed E-state index contributed by atoms with van der Waals surface area (Å²) in [6, 6.07) is 22.2. The molecule has 0 aliphatic heterocycles. The molecular weight excluding hydrogens is 320 g/mol. The van der Waals surface area contributed by atoms with E-state index in [1.165, 1.54) is 5.56 Å². The second kappa shape index (κ2) is 8.43. The van der Waals surface area contributed by atoms with Crippen molar-refractivity contribution in [1.29, 1.82) is 0 Å². The van der Waals surface area contributed by atoms with Crippen molar-refractivity contribution >= 4 is 22.8 Å². The Morgan fingerprint density at radius 2 is 1.27 bits per heavy atom. The molecule has 3 aromatic rings. The van der Waals surface area contributed by atoms with Crippen molar-refractivity contribution in [1.82, 2.24) is 0 Å². The summed E-state index contributed by atoms with van der Waals surface area (Å²) in [4.78, 5) is 9.27. The van der Waals surface area contributed by atoms with Gasteiger partial charge < -0.3 is 4.42 Å². The van der Waals surface area contributed by atoms with Crippen LogP contribution in [0.5, 0.6) is 0 Å². The molecule has 2 aromatic carbocycles. The molecule has 0 saturated heterocycles. The predicted molar refractivity (Wildman–Crippen MR) is 109 cm³/mol. The minimum Gasteiger partial charge on any atom is -0.454 e. The van der Waals surface area contributed by atoms with Gasteiger partial charge in [0.05, 0.1) is 22.8 Å². The molecule has 1 heterocycles. The first-order valence-electron chi connectivity index (χ1n) is 9.01. The van der Waals surface area contributed by atoms with E-state index in [0.29, 0.717) is 0 Å². The summed E-state index contributed by atoms with van der Waals surface area (Å²) < 4.78 is 5.95. The first-order valence-corrected chi connectivity index (χ1v) is 9.01. The van der Waals surface area contributed by atoms with E-state index in [1.54, 1.807) is 0 Å². The number of hydrogen-bond donors (Lipinski definition) is 0. The van der Waals surface area contributed by atoms with Crippen LogP contribution in [0.4, 0.5) is 11.4 Å². The quantitative estimate of drug-likeness (QED) is 0.469. The summed E-state index contributed by atoms with van der Waals surface area (Å²) in [7, 11) is 0. The van der Waals surface area contributed by atoms with Crippen molar-refractivity contribution < 1.29 is 4.42 Å². The lowest BCUT2D eigenvalue weighted by molar-refractivity contribution is 0.548. The van der Waals surface area contributed by atoms with Gasteiger partial charge >= 0.3 is 0 Å². The van der Waals surface area contributed by atoms with Gasteiger partial charge in [-0.05, 0) is 62.2 Å². The fourth-order valence-electron chi connectivity index (χ4n) is 2.75. The molecule has 0 N–H and O–H groups in total. The fraction of sp³-hybridized carbons (Fsp3) is 0.217. The first kappa shape index (κ1) is 17.9. The summed E-state index contributed by atoms with van der Waals surface area (Å²) in [6.45, 7) is 6.11. The largest absolute Gasteiger partial charge is 0.454 e. The van der Waals surface area contributed by atoms with Crippen molar-refractivity contribution in [2.45, 2.75) is 33.6 Å². The van der Waals surface area contributed by atoms with Gasteiger partial charge in [-0.3, -0.25) is 0 Å². The highest BCUT2D eigenvalue weighted by atomic mass is 16.3. The number of hydrogen-bond acceptors (Lipinski definition) is 3. The van der Waals surface area contributed by atoms with Crippen molar-refractivity contribution in [3.05, 3.63) is 83.8 Å². The zero-order valence-corrected chi connectivity index (χ0v) is 15.6. The van der Waals surface area contributed by atoms with Gasteiger partial charge in [-0.1, -0.05) is 43.7 Å². The maximum atomic E-state index is 5.95. The van der Waals surface area contributed by atoms with E-state index in [0.717, 1.165) is 47.2 Å². The molecule has 0 fully saturated rings. The Labute approximate surface area is 155 Å². The zero-order valence-electron chi connectivity index (χ0n) is 15.6. The molecular formula is C23H24N2O. The third-order valence-electron chi connectivity index (χ3n) is 4.14. The fourth-order valence-corrected chi connectivity index (χ4v) is 2.75. The number of benzene rings is 2. The number of furan rings is 1. The SMILES string of the molecule is CCCc1ccc(N=C(C)c2ccc(C(C)=Nc3ccccc3)o2)cc1. The Morgan fingerprint density at radius 3 is 1.81 bits per heavy atom. The molecule has 1 aromatic heterocycles. The van der Waals surface area contributed by atoms with E-state index in [9.17, 15) is 0 Å². The minimum absolute atomic E-state index is 0.761. The summed E-state index contributed by atoms with van der Waals surface area (Å²) in [6.07, 6.45) is 2.26. The van der Waals surface area contributed by atoms with E-state index in [-0.39, 0.29) is 0 Å². The molecule has 0 aliphatic carbocycles. The number of aliphatic imine (C=N–C) groups is 2. The molecule has 0 saturated carbocycles. The normalized spacial score (nSPS) is 12.4. The zero-order chi connectivity index (χ0) is 18.4. The molecule has 132 valence electrons. The maximum absolute atomic E-state index is 5.95. The van der Waals surface area contributed by atoms with Gasteiger partial charge in [0, 0.05) is 0 Å². The molecule has 3 heteroatoms. The van der Waals surface area contributed by atoms with Crippen LogP contribution in [0.2, 0.25) is 0 Å². The van der Waals surface area contributed by atoms with E-state index in [2.05, 4.69) is 41.2 Å². The number of aryl methyl sites for hydroxylation is 1. The van der Waals surface area contributed by atoms with Crippen LogP contribution in [-0.2, 0) is 6.42 Å². The van der Waals surface area contributed by atoms with Gasteiger partial charge in [0.2, 0.25) is 0 Å². The molecule has 0 atom stereocenters. The lowest BCUT2D eigenvalue weighted by Gasteiger charge is -2.01. The van der Waals surface area contributed by atoms with Crippen LogP contribution in [0.3, 0.4) is 0 Å². The number of nitrogens with zero attached hydrogens (tertiary/aromatic N) is 2. The monoisotopic (exact) mass is 344 g/mol. The van der Waals surface area contributed by atoms with Crippen LogP contribution >= 0.6 is 0 Å². The van der Waals surface area contributed by atoms with E-state index < -0.39 is 0 Å². The second-order valence-corrected chi connectivity index (χ2v) is 6.31. The highest BCUT2D eigenvalue weighted by Crippen LogP contribution is 2.19. The molecule has 0 unspecified atom stereocenters. The Hall–Kier alpha value is -2.94. The Kier molecular flexibility index (Phi) is 5.80. The van der Waals surface area contributed by atoms with Gasteiger partial charge in [-0.2, -0.15) is 0 Å². The van der Waals surface area contributed by atoms with Crippen LogP contribution in [0, 0.1) is 0 Å². The van der Waals surface area contributed by atoms with E-state index in [4.69, 9.17) is 4.42 Å². The van der Waals surface area contributed by atoms with Gasteiger partial charge in [-0.15, -0.1) is 0 Å². The molecule has 0 spiro atoms. The van der Waals surface area contributed by atoms with Crippen molar-refractivity contribution in [3.63, 3.8) is 0 Å². The molecule has 3 nitrogen and oxygen atoms in total. The number of para-hydroxylation sites is 1. The van der Waals surface area contributed by atoms with Gasteiger partial charge in [0.1, 0.15) is 11.5 Å². The lowest BCUT2D eigenvalue weighted by Crippen LogP contribution is -1.93. The predicted octanol–water partition coefficient (Wildman–Crippen LogP) is 6.51. The molecule has 3 rings (SSSR count). The van der Waals surface area contributed by atoms with Crippen LogP contribution in [0.1, 0.15) is 44.3 Å². The van der Waals surface area contributed by atoms with Crippen LogP contribution in [0.15, 0.2) is 81.1 Å². The van der Waals surface area contributed by atoms with Crippen molar-refractivity contribution in [2.75, 3.05) is 0 Å². The lowest BCUT2D eigenvalue weighted by atomic mass is 10.1. The van der Waals surface area contributed by atoms with E-state index >= 15 is 0 Å². The Morgan fingerprint density at radius 1 is 0.731 bits per heavy atom. The van der Waals surface area contributed by atoms with Crippen LogP contribution < -0.4 is 0 Å². The van der Waals surface area contributed by atoms with Crippen LogP contribution in [0.25, 0.3) is 0 Å². The third-order valence-corrected chi connectivity index (χ3v) is 4.14.